The van der Waals surface area contributed by atoms with Crippen molar-refractivity contribution in [3.8, 4) is 0 Å². The van der Waals surface area contributed by atoms with Gasteiger partial charge in [0.15, 0.2) is 0 Å². The lowest BCUT2D eigenvalue weighted by Gasteiger charge is -2.37. The molecule has 2 aliphatic heterocycles. The minimum absolute atomic E-state index is 0.234. The molecule has 2 bridgehead atoms. The molecule has 2 unspecified atom stereocenters. The molecule has 2 atom stereocenters. The fourth-order valence-electron chi connectivity index (χ4n) is 3.21. The Kier molecular flexibility index (Phi) is 2.45. The van der Waals surface area contributed by atoms with E-state index < -0.39 is 17.2 Å². The fourth-order valence-corrected chi connectivity index (χ4v) is 3.21. The molecule has 2 saturated heterocycles. The Bertz CT molecular complexity index is 437. The zero-order chi connectivity index (χ0) is 12.0. The Morgan fingerprint density at radius 2 is 1.82 bits per heavy atom. The molecule has 92 valence electrons. The van der Waals surface area contributed by atoms with E-state index in [2.05, 4.69) is 5.32 Å². The monoisotopic (exact) mass is 239 g/mol. The molecule has 17 heavy (non-hydrogen) atoms. The Morgan fingerprint density at radius 1 is 1.18 bits per heavy atom. The number of aliphatic hydroxyl groups is 1. The molecule has 0 spiro atoms. The SMILES string of the molecule is OC1(c2ccc(F)cc2F)CC2CCC(C1)N2. The third-order valence-corrected chi connectivity index (χ3v) is 3.94. The molecule has 1 aromatic carbocycles. The first-order chi connectivity index (χ1) is 8.07. The number of halogens is 2. The summed E-state index contributed by atoms with van der Waals surface area (Å²) in [5.74, 6) is -1.25. The van der Waals surface area contributed by atoms with Crippen LogP contribution in [0.2, 0.25) is 0 Å². The third-order valence-electron chi connectivity index (χ3n) is 3.94. The molecular weight excluding hydrogens is 224 g/mol. The molecule has 1 aromatic rings. The molecule has 0 aliphatic carbocycles. The van der Waals surface area contributed by atoms with E-state index in [1.54, 1.807) is 0 Å². The molecule has 2 fully saturated rings. The summed E-state index contributed by atoms with van der Waals surface area (Å²) < 4.78 is 26.6. The summed E-state index contributed by atoms with van der Waals surface area (Å²) in [5.41, 5.74) is -0.910. The van der Waals surface area contributed by atoms with Gasteiger partial charge in [0.2, 0.25) is 0 Å². The van der Waals surface area contributed by atoms with Crippen LogP contribution in [-0.4, -0.2) is 17.2 Å². The van der Waals surface area contributed by atoms with Crippen molar-refractivity contribution in [3.63, 3.8) is 0 Å². The highest BCUT2D eigenvalue weighted by molar-refractivity contribution is 5.27. The average Bonchev–Trinajstić information content (AvgIpc) is 2.58. The van der Waals surface area contributed by atoms with Crippen molar-refractivity contribution < 1.29 is 13.9 Å². The van der Waals surface area contributed by atoms with E-state index in [-0.39, 0.29) is 17.6 Å². The fraction of sp³-hybridized carbons (Fsp3) is 0.538. The molecule has 0 amide bonds. The molecule has 0 radical (unpaired) electrons. The number of rotatable bonds is 1. The van der Waals surface area contributed by atoms with Crippen molar-refractivity contribution in [2.45, 2.75) is 43.4 Å². The summed E-state index contributed by atoms with van der Waals surface area (Å²) in [7, 11) is 0. The van der Waals surface area contributed by atoms with E-state index in [1.165, 1.54) is 12.1 Å². The van der Waals surface area contributed by atoms with Crippen LogP contribution < -0.4 is 5.32 Å². The van der Waals surface area contributed by atoms with Crippen molar-refractivity contribution in [3.05, 3.63) is 35.4 Å². The van der Waals surface area contributed by atoms with Crippen LogP contribution in [0.5, 0.6) is 0 Å². The van der Waals surface area contributed by atoms with Crippen molar-refractivity contribution in [1.29, 1.82) is 0 Å². The standard InChI is InChI=1S/C13H15F2NO/c14-8-1-4-11(12(15)5-8)13(17)6-9-2-3-10(7-13)16-9/h1,4-5,9-10,16-17H,2-3,6-7H2. The summed E-state index contributed by atoms with van der Waals surface area (Å²) in [6.07, 6.45) is 3.06. The largest absolute Gasteiger partial charge is 0.385 e. The maximum absolute atomic E-state index is 13.7. The Hall–Kier alpha value is -1.00. The first kappa shape index (κ1) is 11.1. The van der Waals surface area contributed by atoms with E-state index in [0.29, 0.717) is 12.8 Å². The Balaban J connectivity index is 1.97. The lowest BCUT2D eigenvalue weighted by atomic mass is 9.81. The van der Waals surface area contributed by atoms with Gasteiger partial charge in [0.25, 0.3) is 0 Å². The molecule has 2 heterocycles. The van der Waals surface area contributed by atoms with E-state index in [1.807, 2.05) is 0 Å². The lowest BCUT2D eigenvalue weighted by Crippen LogP contribution is -2.47. The van der Waals surface area contributed by atoms with Crippen molar-refractivity contribution in [2.75, 3.05) is 0 Å². The quantitative estimate of drug-likeness (QED) is 0.786. The van der Waals surface area contributed by atoms with Crippen LogP contribution in [-0.2, 0) is 5.60 Å². The Labute approximate surface area is 98.6 Å². The van der Waals surface area contributed by atoms with E-state index in [4.69, 9.17) is 0 Å². The number of benzene rings is 1. The molecule has 0 saturated carbocycles. The lowest BCUT2D eigenvalue weighted by molar-refractivity contribution is -0.0144. The molecule has 2 nitrogen and oxygen atoms in total. The van der Waals surface area contributed by atoms with Gasteiger partial charge in [0, 0.05) is 23.7 Å². The highest BCUT2D eigenvalue weighted by Gasteiger charge is 2.44. The summed E-state index contributed by atoms with van der Waals surface area (Å²) in [5, 5.41) is 14.0. The maximum atomic E-state index is 13.7. The summed E-state index contributed by atoms with van der Waals surface area (Å²) >= 11 is 0. The highest BCUT2D eigenvalue weighted by atomic mass is 19.1. The minimum Gasteiger partial charge on any atom is -0.385 e. The second-order valence-corrected chi connectivity index (χ2v) is 5.20. The van der Waals surface area contributed by atoms with E-state index in [9.17, 15) is 13.9 Å². The molecule has 0 aromatic heterocycles. The van der Waals surface area contributed by atoms with Crippen LogP contribution in [0.25, 0.3) is 0 Å². The normalized spacial score (nSPS) is 36.2. The number of nitrogens with one attached hydrogen (secondary N) is 1. The van der Waals surface area contributed by atoms with Crippen molar-refractivity contribution in [2.24, 2.45) is 0 Å². The number of piperidine rings is 1. The second-order valence-electron chi connectivity index (χ2n) is 5.20. The van der Waals surface area contributed by atoms with Crippen molar-refractivity contribution in [1.82, 2.24) is 5.32 Å². The van der Waals surface area contributed by atoms with Gasteiger partial charge in [-0.25, -0.2) is 8.78 Å². The number of hydrogen-bond acceptors (Lipinski definition) is 2. The van der Waals surface area contributed by atoms with E-state index >= 15 is 0 Å². The number of hydrogen-bond donors (Lipinski definition) is 2. The second kappa shape index (κ2) is 3.75. The van der Waals surface area contributed by atoms with Gasteiger partial charge in [-0.3, -0.25) is 0 Å². The van der Waals surface area contributed by atoms with Crippen molar-refractivity contribution >= 4 is 0 Å². The van der Waals surface area contributed by atoms with Gasteiger partial charge in [-0.2, -0.15) is 0 Å². The Morgan fingerprint density at radius 3 is 2.41 bits per heavy atom. The van der Waals surface area contributed by atoms with Crippen LogP contribution in [0.3, 0.4) is 0 Å². The molecule has 4 heteroatoms. The topological polar surface area (TPSA) is 32.3 Å². The number of fused-ring (bicyclic) bond motifs is 2. The first-order valence-corrected chi connectivity index (χ1v) is 6.01. The zero-order valence-electron chi connectivity index (χ0n) is 9.42. The zero-order valence-corrected chi connectivity index (χ0v) is 9.42. The maximum Gasteiger partial charge on any atom is 0.132 e. The molecule has 2 N–H and O–H groups in total. The van der Waals surface area contributed by atoms with Crippen LogP contribution in [0.15, 0.2) is 18.2 Å². The van der Waals surface area contributed by atoms with Gasteiger partial charge < -0.3 is 10.4 Å². The van der Waals surface area contributed by atoms with Gasteiger partial charge in [-0.15, -0.1) is 0 Å². The van der Waals surface area contributed by atoms with Crippen LogP contribution >= 0.6 is 0 Å². The van der Waals surface area contributed by atoms with Gasteiger partial charge in [-0.05, 0) is 31.7 Å². The summed E-state index contributed by atoms with van der Waals surface area (Å²) in [4.78, 5) is 0. The third kappa shape index (κ3) is 1.85. The van der Waals surface area contributed by atoms with Gasteiger partial charge in [-0.1, -0.05) is 6.07 Å². The predicted octanol–water partition coefficient (Wildman–Crippen LogP) is 2.07. The van der Waals surface area contributed by atoms with Crippen LogP contribution in [0, 0.1) is 11.6 Å². The van der Waals surface area contributed by atoms with Crippen LogP contribution in [0.1, 0.15) is 31.2 Å². The highest BCUT2D eigenvalue weighted by Crippen LogP contribution is 2.41. The first-order valence-electron chi connectivity index (χ1n) is 6.01. The predicted molar refractivity (Wildman–Crippen MR) is 59.4 cm³/mol. The average molecular weight is 239 g/mol. The van der Waals surface area contributed by atoms with Gasteiger partial charge in [0.1, 0.15) is 11.6 Å². The summed E-state index contributed by atoms with van der Waals surface area (Å²) in [6, 6.07) is 3.93. The van der Waals surface area contributed by atoms with Gasteiger partial charge >= 0.3 is 0 Å². The molecular formula is C13H15F2NO. The smallest absolute Gasteiger partial charge is 0.132 e. The van der Waals surface area contributed by atoms with E-state index in [0.717, 1.165) is 18.9 Å². The summed E-state index contributed by atoms with van der Waals surface area (Å²) in [6.45, 7) is 0. The minimum atomic E-state index is -1.14. The van der Waals surface area contributed by atoms with Gasteiger partial charge in [0.05, 0.1) is 5.60 Å². The van der Waals surface area contributed by atoms with Crippen LogP contribution in [0.4, 0.5) is 8.78 Å². The molecule has 3 rings (SSSR count). The molecule has 2 aliphatic rings.